The fourth-order valence-electron chi connectivity index (χ4n) is 2.55. The molecule has 1 aliphatic rings. The number of hydrogen-bond donors (Lipinski definition) is 1. The monoisotopic (exact) mass is 253 g/mol. The van der Waals surface area contributed by atoms with E-state index in [4.69, 9.17) is 11.6 Å². The quantitative estimate of drug-likeness (QED) is 0.829. The molecule has 94 valence electrons. The first-order chi connectivity index (χ1) is 7.90. The maximum absolute atomic E-state index is 9.85. The zero-order valence-electron chi connectivity index (χ0n) is 10.7. The lowest BCUT2D eigenvalue weighted by Crippen LogP contribution is -2.52. The Morgan fingerprint density at radius 2 is 2.12 bits per heavy atom. The highest BCUT2D eigenvalue weighted by molar-refractivity contribution is 6.30. The third-order valence-electron chi connectivity index (χ3n) is 3.66. The minimum Gasteiger partial charge on any atom is -0.391 e. The molecule has 1 N–H and O–H groups in total. The molecule has 2 nitrogen and oxygen atoms in total. The Morgan fingerprint density at radius 1 is 1.41 bits per heavy atom. The van der Waals surface area contributed by atoms with Gasteiger partial charge in [0.2, 0.25) is 0 Å². The average Bonchev–Trinajstić information content (AvgIpc) is 2.23. The predicted octanol–water partition coefficient (Wildman–Crippen LogP) is 3.39. The third kappa shape index (κ3) is 2.58. The second kappa shape index (κ2) is 4.51. The minimum absolute atomic E-state index is 0.0951. The number of aryl methyl sites for hydroxylation is 1. The molecule has 0 radical (unpaired) electrons. The Hall–Kier alpha value is -0.730. The summed E-state index contributed by atoms with van der Waals surface area (Å²) in [4.78, 5) is 2.30. The summed E-state index contributed by atoms with van der Waals surface area (Å²) in [7, 11) is 0. The Kier molecular flexibility index (Phi) is 3.37. The molecule has 1 aliphatic heterocycles. The van der Waals surface area contributed by atoms with E-state index in [-0.39, 0.29) is 11.6 Å². The number of benzene rings is 1. The fourth-order valence-corrected chi connectivity index (χ4v) is 2.78. The van der Waals surface area contributed by atoms with Crippen LogP contribution in [-0.4, -0.2) is 23.3 Å². The maximum Gasteiger partial charge on any atom is 0.0716 e. The van der Waals surface area contributed by atoms with Crippen molar-refractivity contribution in [2.75, 3.05) is 11.4 Å². The molecule has 17 heavy (non-hydrogen) atoms. The van der Waals surface area contributed by atoms with E-state index in [0.717, 1.165) is 17.9 Å². The molecule has 1 heterocycles. The first-order valence-electron chi connectivity index (χ1n) is 6.12. The van der Waals surface area contributed by atoms with Gasteiger partial charge in [0.1, 0.15) is 0 Å². The Bertz CT molecular complexity index is 417. The van der Waals surface area contributed by atoms with Crippen LogP contribution in [0, 0.1) is 6.92 Å². The topological polar surface area (TPSA) is 23.5 Å². The van der Waals surface area contributed by atoms with Crippen LogP contribution >= 0.6 is 11.6 Å². The van der Waals surface area contributed by atoms with Gasteiger partial charge in [-0.1, -0.05) is 11.6 Å². The molecule has 0 spiro atoms. The van der Waals surface area contributed by atoms with Gasteiger partial charge < -0.3 is 10.0 Å². The highest BCUT2D eigenvalue weighted by Gasteiger charge is 2.34. The van der Waals surface area contributed by atoms with Gasteiger partial charge in [0.15, 0.2) is 0 Å². The lowest BCUT2D eigenvalue weighted by Gasteiger charge is -2.46. The van der Waals surface area contributed by atoms with Crippen LogP contribution in [-0.2, 0) is 0 Å². The summed E-state index contributed by atoms with van der Waals surface area (Å²) in [5.41, 5.74) is 2.44. The minimum atomic E-state index is -0.224. The predicted molar refractivity (Wildman–Crippen MR) is 72.9 cm³/mol. The first-order valence-corrected chi connectivity index (χ1v) is 6.50. The van der Waals surface area contributed by atoms with Gasteiger partial charge in [0, 0.05) is 22.8 Å². The Labute approximate surface area is 108 Å². The van der Waals surface area contributed by atoms with E-state index < -0.39 is 0 Å². The van der Waals surface area contributed by atoms with Crippen LogP contribution in [0.3, 0.4) is 0 Å². The van der Waals surface area contributed by atoms with Gasteiger partial charge in [0.05, 0.1) is 6.10 Å². The molecule has 1 atom stereocenters. The van der Waals surface area contributed by atoms with Crippen molar-refractivity contribution < 1.29 is 5.11 Å². The SMILES string of the molecule is Cc1cc(Cl)ccc1N1CC(O)CCC1(C)C. The van der Waals surface area contributed by atoms with Crippen molar-refractivity contribution >= 4 is 17.3 Å². The Balaban J connectivity index is 2.36. The van der Waals surface area contributed by atoms with E-state index >= 15 is 0 Å². The van der Waals surface area contributed by atoms with Crippen LogP contribution in [0.25, 0.3) is 0 Å². The van der Waals surface area contributed by atoms with Crippen molar-refractivity contribution in [2.45, 2.75) is 45.3 Å². The van der Waals surface area contributed by atoms with E-state index in [1.165, 1.54) is 11.3 Å². The summed E-state index contributed by atoms with van der Waals surface area (Å²) < 4.78 is 0. The van der Waals surface area contributed by atoms with Crippen LogP contribution < -0.4 is 4.90 Å². The number of hydrogen-bond acceptors (Lipinski definition) is 2. The number of anilines is 1. The van der Waals surface area contributed by atoms with Gasteiger partial charge in [0.25, 0.3) is 0 Å². The van der Waals surface area contributed by atoms with Gasteiger partial charge in [-0.25, -0.2) is 0 Å². The van der Waals surface area contributed by atoms with E-state index in [9.17, 15) is 5.11 Å². The molecular weight excluding hydrogens is 234 g/mol. The molecule has 0 aliphatic carbocycles. The number of piperidine rings is 1. The van der Waals surface area contributed by atoms with Crippen molar-refractivity contribution in [3.63, 3.8) is 0 Å². The maximum atomic E-state index is 9.85. The van der Waals surface area contributed by atoms with E-state index in [0.29, 0.717) is 6.54 Å². The summed E-state index contributed by atoms with van der Waals surface area (Å²) in [5.74, 6) is 0. The highest BCUT2D eigenvalue weighted by atomic mass is 35.5. The van der Waals surface area contributed by atoms with Crippen LogP contribution in [0.1, 0.15) is 32.3 Å². The van der Waals surface area contributed by atoms with Gasteiger partial charge >= 0.3 is 0 Å². The molecule has 1 saturated heterocycles. The third-order valence-corrected chi connectivity index (χ3v) is 3.90. The van der Waals surface area contributed by atoms with E-state index in [1.807, 2.05) is 12.1 Å². The zero-order valence-corrected chi connectivity index (χ0v) is 11.5. The molecule has 3 heteroatoms. The number of rotatable bonds is 1. The van der Waals surface area contributed by atoms with Crippen molar-refractivity contribution in [1.29, 1.82) is 0 Å². The van der Waals surface area contributed by atoms with Gasteiger partial charge in [-0.05, 0) is 57.4 Å². The van der Waals surface area contributed by atoms with Crippen LogP contribution in [0.15, 0.2) is 18.2 Å². The molecule has 0 aromatic heterocycles. The first kappa shape index (κ1) is 12.7. The van der Waals surface area contributed by atoms with Crippen molar-refractivity contribution in [1.82, 2.24) is 0 Å². The molecule has 1 fully saturated rings. The fraction of sp³-hybridized carbons (Fsp3) is 0.571. The average molecular weight is 254 g/mol. The smallest absolute Gasteiger partial charge is 0.0716 e. The molecule has 0 amide bonds. The van der Waals surface area contributed by atoms with Crippen molar-refractivity contribution in [3.05, 3.63) is 28.8 Å². The van der Waals surface area contributed by atoms with Crippen LogP contribution in [0.2, 0.25) is 5.02 Å². The number of β-amino-alcohol motifs (C(OH)–C–C–N with tert-alkyl or cyclic N) is 1. The van der Waals surface area contributed by atoms with Crippen molar-refractivity contribution in [2.24, 2.45) is 0 Å². The Morgan fingerprint density at radius 3 is 2.76 bits per heavy atom. The van der Waals surface area contributed by atoms with Crippen LogP contribution in [0.4, 0.5) is 5.69 Å². The molecule has 0 saturated carbocycles. The second-order valence-corrected chi connectivity index (χ2v) is 5.98. The molecule has 1 aromatic carbocycles. The summed E-state index contributed by atoms with van der Waals surface area (Å²) in [6.45, 7) is 7.23. The van der Waals surface area contributed by atoms with Gasteiger partial charge in [-0.2, -0.15) is 0 Å². The number of aliphatic hydroxyl groups is 1. The van der Waals surface area contributed by atoms with E-state index in [2.05, 4.69) is 31.7 Å². The molecule has 1 aromatic rings. The summed E-state index contributed by atoms with van der Waals surface area (Å²) in [5, 5.41) is 10.6. The standard InChI is InChI=1S/C14H20ClNO/c1-10-8-11(15)4-5-13(10)16-9-12(17)6-7-14(16,2)3/h4-5,8,12,17H,6-7,9H2,1-3H3. The van der Waals surface area contributed by atoms with Crippen LogP contribution in [0.5, 0.6) is 0 Å². The lowest BCUT2D eigenvalue weighted by molar-refractivity contribution is 0.126. The normalized spacial score (nSPS) is 23.8. The molecule has 2 rings (SSSR count). The number of halogens is 1. The summed E-state index contributed by atoms with van der Waals surface area (Å²) in [6, 6.07) is 5.95. The van der Waals surface area contributed by atoms with Crippen molar-refractivity contribution in [3.8, 4) is 0 Å². The number of nitrogens with zero attached hydrogens (tertiary/aromatic N) is 1. The molecular formula is C14H20ClNO. The zero-order chi connectivity index (χ0) is 12.6. The number of aliphatic hydroxyl groups excluding tert-OH is 1. The second-order valence-electron chi connectivity index (χ2n) is 5.55. The largest absolute Gasteiger partial charge is 0.391 e. The lowest BCUT2D eigenvalue weighted by atomic mass is 9.88. The van der Waals surface area contributed by atoms with Gasteiger partial charge in [-0.15, -0.1) is 0 Å². The summed E-state index contributed by atoms with van der Waals surface area (Å²) >= 11 is 5.99. The van der Waals surface area contributed by atoms with E-state index in [1.54, 1.807) is 0 Å². The summed E-state index contributed by atoms with van der Waals surface area (Å²) in [6.07, 6.45) is 1.67. The highest BCUT2D eigenvalue weighted by Crippen LogP contribution is 2.35. The molecule has 1 unspecified atom stereocenters. The van der Waals surface area contributed by atoms with Gasteiger partial charge in [-0.3, -0.25) is 0 Å². The molecule has 0 bridgehead atoms.